The van der Waals surface area contributed by atoms with Gasteiger partial charge in [0.05, 0.1) is 0 Å². The first-order chi connectivity index (χ1) is 16.2. The third kappa shape index (κ3) is 6.25. The van der Waals surface area contributed by atoms with E-state index < -0.39 is 6.04 Å². The van der Waals surface area contributed by atoms with Crippen molar-refractivity contribution in [2.45, 2.75) is 59.5 Å². The van der Waals surface area contributed by atoms with Crippen LogP contribution in [0.3, 0.4) is 0 Å². The van der Waals surface area contributed by atoms with Crippen molar-refractivity contribution < 1.29 is 14.4 Å². The standard InChI is InChI=1S/C28H37N3O3/c1-18(2)21(5)29-27(33)25(30-26(32)24-12-7-6-10-20(24)4)22-13-15-31(16-14-22)28(34)23-11-8-9-19(3)17-23/h6-12,17-18,21-22,25H,13-16H2,1-5H3,(H,29,33)(H,30,32)/t21-,25+/m1/s1. The van der Waals surface area contributed by atoms with E-state index in [2.05, 4.69) is 24.5 Å². The summed E-state index contributed by atoms with van der Waals surface area (Å²) in [6.45, 7) is 11.1. The molecular weight excluding hydrogens is 426 g/mol. The molecule has 0 aliphatic carbocycles. The van der Waals surface area contributed by atoms with E-state index in [0.29, 0.717) is 37.1 Å². The molecule has 1 aliphatic heterocycles. The van der Waals surface area contributed by atoms with Gasteiger partial charge in [0.15, 0.2) is 0 Å². The van der Waals surface area contributed by atoms with Gasteiger partial charge in [-0.2, -0.15) is 0 Å². The summed E-state index contributed by atoms with van der Waals surface area (Å²) in [5.41, 5.74) is 3.18. The molecule has 6 nitrogen and oxygen atoms in total. The fraction of sp³-hybridized carbons (Fsp3) is 0.464. The van der Waals surface area contributed by atoms with Gasteiger partial charge in [0.25, 0.3) is 11.8 Å². The summed E-state index contributed by atoms with van der Waals surface area (Å²) < 4.78 is 0. The van der Waals surface area contributed by atoms with Gasteiger partial charge in [0.2, 0.25) is 5.91 Å². The first-order valence-corrected chi connectivity index (χ1v) is 12.2. The van der Waals surface area contributed by atoms with Gasteiger partial charge in [0.1, 0.15) is 6.04 Å². The SMILES string of the molecule is Cc1cccc(C(=O)N2CCC([C@H](NC(=O)c3ccccc3C)C(=O)N[C@H](C)C(C)C)CC2)c1. The van der Waals surface area contributed by atoms with Crippen molar-refractivity contribution in [2.24, 2.45) is 11.8 Å². The summed E-state index contributed by atoms with van der Waals surface area (Å²) in [4.78, 5) is 41.2. The molecule has 34 heavy (non-hydrogen) atoms. The molecule has 2 aromatic carbocycles. The topological polar surface area (TPSA) is 78.5 Å². The fourth-order valence-electron chi connectivity index (χ4n) is 4.32. The molecule has 0 saturated carbocycles. The van der Waals surface area contributed by atoms with E-state index in [4.69, 9.17) is 0 Å². The third-order valence-corrected chi connectivity index (χ3v) is 6.89. The maximum atomic E-state index is 13.3. The van der Waals surface area contributed by atoms with Crippen molar-refractivity contribution in [1.29, 1.82) is 0 Å². The third-order valence-electron chi connectivity index (χ3n) is 6.89. The predicted octanol–water partition coefficient (Wildman–Crippen LogP) is 4.11. The lowest BCUT2D eigenvalue weighted by molar-refractivity contribution is -0.125. The number of aryl methyl sites for hydroxylation is 2. The molecule has 2 N–H and O–H groups in total. The van der Waals surface area contributed by atoms with E-state index in [1.807, 2.05) is 68.1 Å². The molecule has 0 aromatic heterocycles. The van der Waals surface area contributed by atoms with Crippen LogP contribution in [0.25, 0.3) is 0 Å². The minimum Gasteiger partial charge on any atom is -0.352 e. The van der Waals surface area contributed by atoms with Crippen LogP contribution in [-0.4, -0.2) is 47.8 Å². The normalized spacial score (nSPS) is 16.1. The maximum absolute atomic E-state index is 13.3. The quantitative estimate of drug-likeness (QED) is 0.649. The molecule has 0 unspecified atom stereocenters. The summed E-state index contributed by atoms with van der Waals surface area (Å²) >= 11 is 0. The van der Waals surface area contributed by atoms with Gasteiger partial charge in [-0.1, -0.05) is 49.7 Å². The molecule has 3 rings (SSSR count). The molecule has 3 amide bonds. The van der Waals surface area contributed by atoms with Crippen LogP contribution in [0, 0.1) is 25.7 Å². The Kier molecular flexibility index (Phi) is 8.48. The van der Waals surface area contributed by atoms with Crippen LogP contribution < -0.4 is 10.6 Å². The highest BCUT2D eigenvalue weighted by Gasteiger charge is 2.35. The molecule has 0 bridgehead atoms. The number of nitrogens with zero attached hydrogens (tertiary/aromatic N) is 1. The molecule has 0 radical (unpaired) electrons. The van der Waals surface area contributed by atoms with E-state index in [-0.39, 0.29) is 35.6 Å². The lowest BCUT2D eigenvalue weighted by Gasteiger charge is -2.36. The molecular formula is C28H37N3O3. The highest BCUT2D eigenvalue weighted by Crippen LogP contribution is 2.24. The lowest BCUT2D eigenvalue weighted by Crippen LogP contribution is -2.55. The monoisotopic (exact) mass is 463 g/mol. The Labute approximate surface area is 203 Å². The zero-order valence-electron chi connectivity index (χ0n) is 20.9. The molecule has 0 spiro atoms. The van der Waals surface area contributed by atoms with Gasteiger partial charge in [-0.25, -0.2) is 0 Å². The van der Waals surface area contributed by atoms with Gasteiger partial charge in [-0.15, -0.1) is 0 Å². The van der Waals surface area contributed by atoms with Crippen LogP contribution in [-0.2, 0) is 4.79 Å². The van der Waals surface area contributed by atoms with E-state index >= 15 is 0 Å². The molecule has 2 atom stereocenters. The number of likely N-dealkylation sites (tertiary alicyclic amines) is 1. The first kappa shape index (κ1) is 25.5. The molecule has 1 aliphatic rings. The van der Waals surface area contributed by atoms with Gasteiger partial charge in [-0.05, 0) is 69.2 Å². The second-order valence-corrected chi connectivity index (χ2v) is 9.81. The Bertz CT molecular complexity index is 1030. The van der Waals surface area contributed by atoms with E-state index in [0.717, 1.165) is 11.1 Å². The van der Waals surface area contributed by atoms with E-state index in [1.54, 1.807) is 6.07 Å². The molecule has 1 heterocycles. The largest absolute Gasteiger partial charge is 0.352 e. The molecule has 1 fully saturated rings. The number of nitrogens with one attached hydrogen (secondary N) is 2. The van der Waals surface area contributed by atoms with Crippen LogP contribution in [0.15, 0.2) is 48.5 Å². The number of carbonyl (C=O) groups excluding carboxylic acids is 3. The molecule has 182 valence electrons. The van der Waals surface area contributed by atoms with Gasteiger partial charge >= 0.3 is 0 Å². The van der Waals surface area contributed by atoms with Crippen LogP contribution in [0.5, 0.6) is 0 Å². The Morgan fingerprint density at radius 1 is 0.912 bits per heavy atom. The number of benzene rings is 2. The van der Waals surface area contributed by atoms with Crippen LogP contribution >= 0.6 is 0 Å². The first-order valence-electron chi connectivity index (χ1n) is 12.2. The van der Waals surface area contributed by atoms with Crippen molar-refractivity contribution in [2.75, 3.05) is 13.1 Å². The highest BCUT2D eigenvalue weighted by atomic mass is 16.2. The Hall–Kier alpha value is -3.15. The Morgan fingerprint density at radius 2 is 1.59 bits per heavy atom. The van der Waals surface area contributed by atoms with Crippen LogP contribution in [0.2, 0.25) is 0 Å². The summed E-state index contributed by atoms with van der Waals surface area (Å²) in [7, 11) is 0. The summed E-state index contributed by atoms with van der Waals surface area (Å²) in [5.74, 6) is -0.153. The summed E-state index contributed by atoms with van der Waals surface area (Å²) in [5, 5.41) is 6.10. The van der Waals surface area contributed by atoms with Gasteiger partial charge in [-0.3, -0.25) is 14.4 Å². The van der Waals surface area contributed by atoms with Crippen LogP contribution in [0.1, 0.15) is 65.5 Å². The number of amides is 3. The van der Waals surface area contributed by atoms with Crippen molar-refractivity contribution in [3.05, 3.63) is 70.8 Å². The van der Waals surface area contributed by atoms with E-state index in [9.17, 15) is 14.4 Å². The smallest absolute Gasteiger partial charge is 0.253 e. The minimum atomic E-state index is -0.649. The van der Waals surface area contributed by atoms with Crippen molar-refractivity contribution >= 4 is 17.7 Å². The number of rotatable bonds is 7. The second-order valence-electron chi connectivity index (χ2n) is 9.81. The van der Waals surface area contributed by atoms with Crippen molar-refractivity contribution in [1.82, 2.24) is 15.5 Å². The predicted molar refractivity (Wildman–Crippen MR) is 135 cm³/mol. The summed E-state index contributed by atoms with van der Waals surface area (Å²) in [6, 6.07) is 14.3. The average Bonchev–Trinajstić information content (AvgIpc) is 2.82. The fourth-order valence-corrected chi connectivity index (χ4v) is 4.32. The Balaban J connectivity index is 1.73. The molecule has 6 heteroatoms. The number of hydrogen-bond donors (Lipinski definition) is 2. The molecule has 1 saturated heterocycles. The maximum Gasteiger partial charge on any atom is 0.253 e. The summed E-state index contributed by atoms with van der Waals surface area (Å²) in [6.07, 6.45) is 1.31. The van der Waals surface area contributed by atoms with Gasteiger partial charge in [0, 0.05) is 30.3 Å². The van der Waals surface area contributed by atoms with Crippen molar-refractivity contribution in [3.8, 4) is 0 Å². The second kappa shape index (κ2) is 11.3. The van der Waals surface area contributed by atoms with Gasteiger partial charge < -0.3 is 15.5 Å². The van der Waals surface area contributed by atoms with Crippen molar-refractivity contribution in [3.63, 3.8) is 0 Å². The van der Waals surface area contributed by atoms with Crippen LogP contribution in [0.4, 0.5) is 0 Å². The lowest BCUT2D eigenvalue weighted by atomic mass is 9.87. The van der Waals surface area contributed by atoms with E-state index in [1.165, 1.54) is 0 Å². The average molecular weight is 464 g/mol. The zero-order valence-corrected chi connectivity index (χ0v) is 20.9. The minimum absolute atomic E-state index is 0.00616. The number of carbonyl (C=O) groups is 3. The highest BCUT2D eigenvalue weighted by molar-refractivity contribution is 5.99. The Morgan fingerprint density at radius 3 is 2.21 bits per heavy atom. The number of piperidine rings is 1. The zero-order chi connectivity index (χ0) is 24.8. The molecule has 2 aromatic rings. The number of hydrogen-bond acceptors (Lipinski definition) is 3.